The SMILES string of the molecule is CC(O)C(=O)Nc1cccc(-c2n[nH]c3ccc(-c4nc[nH]n4)cc23)c1. The zero-order valence-corrected chi connectivity index (χ0v) is 13.9. The van der Waals surface area contributed by atoms with Crippen molar-refractivity contribution in [3.63, 3.8) is 0 Å². The van der Waals surface area contributed by atoms with E-state index < -0.39 is 12.0 Å². The van der Waals surface area contributed by atoms with Crippen LogP contribution in [-0.2, 0) is 4.79 Å². The highest BCUT2D eigenvalue weighted by Gasteiger charge is 2.13. The third-order valence-electron chi connectivity index (χ3n) is 4.02. The summed E-state index contributed by atoms with van der Waals surface area (Å²) in [5.41, 5.74) is 3.95. The van der Waals surface area contributed by atoms with E-state index in [1.54, 1.807) is 6.07 Å². The highest BCUT2D eigenvalue weighted by atomic mass is 16.3. The van der Waals surface area contributed by atoms with Gasteiger partial charge in [-0.25, -0.2) is 4.98 Å². The van der Waals surface area contributed by atoms with Gasteiger partial charge in [-0.05, 0) is 37.3 Å². The van der Waals surface area contributed by atoms with Crippen LogP contribution in [0.1, 0.15) is 6.92 Å². The highest BCUT2D eigenvalue weighted by molar-refractivity contribution is 5.97. The first-order valence-electron chi connectivity index (χ1n) is 8.05. The molecule has 0 spiro atoms. The molecule has 2 heterocycles. The number of amides is 1. The number of benzene rings is 2. The molecule has 26 heavy (non-hydrogen) atoms. The molecule has 0 saturated heterocycles. The van der Waals surface area contributed by atoms with Gasteiger partial charge in [0.2, 0.25) is 0 Å². The number of nitrogens with zero attached hydrogens (tertiary/aromatic N) is 3. The number of aromatic amines is 2. The van der Waals surface area contributed by atoms with E-state index in [0.29, 0.717) is 11.5 Å². The molecule has 0 radical (unpaired) electrons. The van der Waals surface area contributed by atoms with Gasteiger partial charge in [0, 0.05) is 22.2 Å². The second-order valence-corrected chi connectivity index (χ2v) is 5.90. The Bertz CT molecular complexity index is 1070. The molecule has 2 aromatic carbocycles. The molecule has 130 valence electrons. The van der Waals surface area contributed by atoms with Crippen molar-refractivity contribution in [3.8, 4) is 22.6 Å². The van der Waals surface area contributed by atoms with Crippen LogP contribution in [0, 0.1) is 0 Å². The summed E-state index contributed by atoms with van der Waals surface area (Å²) in [6.45, 7) is 1.42. The molecule has 4 rings (SSSR count). The molecule has 8 nitrogen and oxygen atoms in total. The molecular weight excluding hydrogens is 332 g/mol. The average Bonchev–Trinajstić information content (AvgIpc) is 3.31. The number of nitrogens with one attached hydrogen (secondary N) is 3. The van der Waals surface area contributed by atoms with Gasteiger partial charge in [-0.3, -0.25) is 15.0 Å². The number of aliphatic hydroxyl groups is 1. The fraction of sp³-hybridized carbons (Fsp3) is 0.111. The Hall–Kier alpha value is -3.52. The first-order valence-corrected chi connectivity index (χ1v) is 8.05. The second-order valence-electron chi connectivity index (χ2n) is 5.90. The van der Waals surface area contributed by atoms with Gasteiger partial charge in [0.05, 0.1) is 11.2 Å². The van der Waals surface area contributed by atoms with Gasteiger partial charge < -0.3 is 10.4 Å². The molecule has 0 saturated carbocycles. The van der Waals surface area contributed by atoms with E-state index in [4.69, 9.17) is 0 Å². The van der Waals surface area contributed by atoms with Crippen molar-refractivity contribution < 1.29 is 9.90 Å². The van der Waals surface area contributed by atoms with E-state index in [9.17, 15) is 9.90 Å². The third-order valence-corrected chi connectivity index (χ3v) is 4.02. The summed E-state index contributed by atoms with van der Waals surface area (Å²) < 4.78 is 0. The number of rotatable bonds is 4. The van der Waals surface area contributed by atoms with E-state index >= 15 is 0 Å². The summed E-state index contributed by atoms with van der Waals surface area (Å²) in [6, 6.07) is 13.1. The van der Waals surface area contributed by atoms with Crippen molar-refractivity contribution in [2.24, 2.45) is 0 Å². The minimum Gasteiger partial charge on any atom is -0.384 e. The summed E-state index contributed by atoms with van der Waals surface area (Å²) >= 11 is 0. The van der Waals surface area contributed by atoms with Crippen LogP contribution in [-0.4, -0.2) is 42.5 Å². The molecule has 0 aliphatic rings. The maximum Gasteiger partial charge on any atom is 0.252 e. The zero-order chi connectivity index (χ0) is 18.1. The van der Waals surface area contributed by atoms with Crippen LogP contribution >= 0.6 is 0 Å². The molecule has 0 bridgehead atoms. The molecule has 1 unspecified atom stereocenters. The Kier molecular flexibility index (Phi) is 3.94. The van der Waals surface area contributed by atoms with Gasteiger partial charge in [0.1, 0.15) is 12.4 Å². The average molecular weight is 348 g/mol. The quantitative estimate of drug-likeness (QED) is 0.451. The Labute approximate surface area is 148 Å². The van der Waals surface area contributed by atoms with Crippen molar-refractivity contribution in [1.82, 2.24) is 25.4 Å². The smallest absolute Gasteiger partial charge is 0.252 e. The van der Waals surface area contributed by atoms with E-state index in [1.807, 2.05) is 36.4 Å². The van der Waals surface area contributed by atoms with E-state index in [0.717, 1.165) is 27.7 Å². The van der Waals surface area contributed by atoms with E-state index in [-0.39, 0.29) is 0 Å². The normalized spacial score (nSPS) is 12.2. The van der Waals surface area contributed by atoms with Crippen molar-refractivity contribution in [3.05, 3.63) is 48.8 Å². The third kappa shape index (κ3) is 2.93. The maximum atomic E-state index is 11.7. The number of anilines is 1. The molecule has 2 aromatic heterocycles. The lowest BCUT2D eigenvalue weighted by molar-refractivity contribution is -0.123. The number of H-pyrrole nitrogens is 2. The number of hydrogen-bond donors (Lipinski definition) is 4. The van der Waals surface area contributed by atoms with E-state index in [2.05, 4.69) is 30.7 Å². The topological polar surface area (TPSA) is 120 Å². The molecule has 0 aliphatic heterocycles. The van der Waals surface area contributed by atoms with Gasteiger partial charge in [0.25, 0.3) is 5.91 Å². The second kappa shape index (κ2) is 6.41. The monoisotopic (exact) mass is 348 g/mol. The minimum atomic E-state index is -1.08. The Morgan fingerprint density at radius 1 is 1.15 bits per heavy atom. The zero-order valence-electron chi connectivity index (χ0n) is 13.9. The van der Waals surface area contributed by atoms with Crippen molar-refractivity contribution in [1.29, 1.82) is 0 Å². The van der Waals surface area contributed by atoms with Gasteiger partial charge in [-0.1, -0.05) is 12.1 Å². The van der Waals surface area contributed by atoms with Crippen LogP contribution in [0.15, 0.2) is 48.8 Å². The molecule has 0 fully saturated rings. The highest BCUT2D eigenvalue weighted by Crippen LogP contribution is 2.30. The molecule has 0 aliphatic carbocycles. The van der Waals surface area contributed by atoms with Crippen LogP contribution in [0.25, 0.3) is 33.5 Å². The standard InChI is InChI=1S/C18H16N6O2/c1-10(25)18(26)21-13-4-2-3-11(7-13)16-14-8-12(17-19-9-20-24-17)5-6-15(14)22-23-16/h2-10,25H,1H3,(H,21,26)(H,22,23)(H,19,20,24). The largest absolute Gasteiger partial charge is 0.384 e. The number of fused-ring (bicyclic) bond motifs is 1. The van der Waals surface area contributed by atoms with Crippen molar-refractivity contribution in [2.75, 3.05) is 5.32 Å². The van der Waals surface area contributed by atoms with Gasteiger partial charge in [-0.15, -0.1) is 0 Å². The Morgan fingerprint density at radius 3 is 2.81 bits per heavy atom. The van der Waals surface area contributed by atoms with Crippen molar-refractivity contribution in [2.45, 2.75) is 13.0 Å². The van der Waals surface area contributed by atoms with Crippen LogP contribution in [0.2, 0.25) is 0 Å². The van der Waals surface area contributed by atoms with Crippen LogP contribution in [0.3, 0.4) is 0 Å². The molecule has 1 amide bonds. The fourth-order valence-corrected chi connectivity index (χ4v) is 2.71. The summed E-state index contributed by atoms with van der Waals surface area (Å²) in [4.78, 5) is 15.9. The minimum absolute atomic E-state index is 0.457. The predicted octanol–water partition coefficient (Wildman–Crippen LogP) is 2.33. The van der Waals surface area contributed by atoms with Crippen LogP contribution in [0.4, 0.5) is 5.69 Å². The molecule has 1 atom stereocenters. The molecular formula is C18H16N6O2. The van der Waals surface area contributed by atoms with Gasteiger partial charge in [0.15, 0.2) is 5.82 Å². The lowest BCUT2D eigenvalue weighted by atomic mass is 10.0. The number of carbonyl (C=O) groups excluding carboxylic acids is 1. The number of aromatic nitrogens is 5. The Morgan fingerprint density at radius 2 is 2.04 bits per heavy atom. The fourth-order valence-electron chi connectivity index (χ4n) is 2.71. The maximum absolute atomic E-state index is 11.7. The summed E-state index contributed by atoms with van der Waals surface area (Å²) in [5, 5.41) is 27.2. The lowest BCUT2D eigenvalue weighted by Crippen LogP contribution is -2.24. The number of hydrogen-bond acceptors (Lipinski definition) is 5. The van der Waals surface area contributed by atoms with E-state index in [1.165, 1.54) is 13.3 Å². The first kappa shape index (κ1) is 16.0. The van der Waals surface area contributed by atoms with Gasteiger partial charge in [-0.2, -0.15) is 10.2 Å². The summed E-state index contributed by atoms with van der Waals surface area (Å²) in [7, 11) is 0. The summed E-state index contributed by atoms with van der Waals surface area (Å²) in [5.74, 6) is 0.151. The van der Waals surface area contributed by atoms with Crippen LogP contribution in [0.5, 0.6) is 0 Å². The summed E-state index contributed by atoms with van der Waals surface area (Å²) in [6.07, 6.45) is 0.457. The number of carbonyl (C=O) groups is 1. The van der Waals surface area contributed by atoms with Crippen LogP contribution < -0.4 is 5.32 Å². The first-order chi connectivity index (χ1) is 12.6. The molecule has 4 aromatic rings. The molecule has 8 heteroatoms. The van der Waals surface area contributed by atoms with Crippen molar-refractivity contribution >= 4 is 22.5 Å². The lowest BCUT2D eigenvalue weighted by Gasteiger charge is -2.08. The predicted molar refractivity (Wildman–Crippen MR) is 97.2 cm³/mol. The number of aliphatic hydroxyl groups excluding tert-OH is 1. The van der Waals surface area contributed by atoms with Gasteiger partial charge >= 0.3 is 0 Å². The molecule has 4 N–H and O–H groups in total. The Balaban J connectivity index is 1.75.